The van der Waals surface area contributed by atoms with Crippen molar-refractivity contribution >= 4 is 16.9 Å². The van der Waals surface area contributed by atoms with E-state index < -0.39 is 6.10 Å². The van der Waals surface area contributed by atoms with Gasteiger partial charge in [0.2, 0.25) is 0 Å². The Morgan fingerprint density at radius 3 is 3.00 bits per heavy atom. The standard InChI is InChI=1S/C21H26N2O3/c1-26-21(25)19-15-10-17-20-14(13-4-2-3-5-16(13)22-20)8-9-23(17)11-12(15)6-7-18(19)24/h2-5,12,15,17-19,22,24H,6-11H2,1H3/t12-,15+,17+,18?,19+/m1/s1. The van der Waals surface area contributed by atoms with Crippen LogP contribution in [0, 0.1) is 17.8 Å². The van der Waals surface area contributed by atoms with Gasteiger partial charge in [0.05, 0.1) is 25.2 Å². The summed E-state index contributed by atoms with van der Waals surface area (Å²) in [5.74, 6) is 0.0541. The van der Waals surface area contributed by atoms with Crippen molar-refractivity contribution in [1.82, 2.24) is 9.88 Å². The van der Waals surface area contributed by atoms with Crippen LogP contribution in [0.5, 0.6) is 0 Å². The van der Waals surface area contributed by atoms with Gasteiger partial charge in [-0.1, -0.05) is 18.2 Å². The summed E-state index contributed by atoms with van der Waals surface area (Å²) in [7, 11) is 1.43. The predicted molar refractivity (Wildman–Crippen MR) is 98.7 cm³/mol. The van der Waals surface area contributed by atoms with Gasteiger partial charge in [0.25, 0.3) is 0 Å². The molecule has 0 amide bonds. The molecule has 1 aliphatic carbocycles. The Morgan fingerprint density at radius 1 is 1.31 bits per heavy atom. The number of para-hydroxylation sites is 1. The molecular formula is C21H26N2O3. The fourth-order valence-electron chi connectivity index (χ4n) is 5.80. The summed E-state index contributed by atoms with van der Waals surface area (Å²) in [6.45, 7) is 2.10. The molecule has 2 N–H and O–H groups in total. The normalized spacial score (nSPS) is 34.0. The molecule has 1 aromatic carbocycles. The number of rotatable bonds is 1. The molecule has 0 bridgehead atoms. The average molecular weight is 354 g/mol. The number of hydrogen-bond acceptors (Lipinski definition) is 4. The average Bonchev–Trinajstić information content (AvgIpc) is 3.05. The number of piperidine rings is 1. The highest BCUT2D eigenvalue weighted by molar-refractivity contribution is 5.85. The van der Waals surface area contributed by atoms with Gasteiger partial charge in [0.15, 0.2) is 0 Å². The van der Waals surface area contributed by atoms with Gasteiger partial charge in [0, 0.05) is 29.7 Å². The van der Waals surface area contributed by atoms with Crippen molar-refractivity contribution in [3.05, 3.63) is 35.5 Å². The summed E-state index contributed by atoms with van der Waals surface area (Å²) in [6.07, 6.45) is 3.14. The van der Waals surface area contributed by atoms with E-state index in [0.717, 1.165) is 32.4 Å². The first-order chi connectivity index (χ1) is 12.7. The number of nitrogens with zero attached hydrogens (tertiary/aromatic N) is 1. The summed E-state index contributed by atoms with van der Waals surface area (Å²) in [6, 6.07) is 8.83. The maximum absolute atomic E-state index is 12.4. The molecule has 1 saturated heterocycles. The number of nitrogens with one attached hydrogen (secondary N) is 1. The van der Waals surface area contributed by atoms with Crippen LogP contribution in [0.1, 0.15) is 36.6 Å². The van der Waals surface area contributed by atoms with E-state index in [4.69, 9.17) is 4.74 Å². The molecule has 0 spiro atoms. The number of aromatic amines is 1. The summed E-state index contributed by atoms with van der Waals surface area (Å²) in [5.41, 5.74) is 3.96. The molecule has 0 radical (unpaired) electrons. The molecule has 2 fully saturated rings. The molecule has 5 nitrogen and oxygen atoms in total. The lowest BCUT2D eigenvalue weighted by molar-refractivity contribution is -0.160. The quantitative estimate of drug-likeness (QED) is 0.773. The number of carbonyl (C=O) groups excluding carboxylic acids is 1. The topological polar surface area (TPSA) is 65.6 Å². The fraction of sp³-hybridized carbons (Fsp3) is 0.571. The van der Waals surface area contributed by atoms with Crippen LogP contribution in [0.2, 0.25) is 0 Å². The fourth-order valence-corrected chi connectivity index (χ4v) is 5.80. The van der Waals surface area contributed by atoms with Crippen LogP contribution in [0.15, 0.2) is 24.3 Å². The zero-order valence-corrected chi connectivity index (χ0v) is 15.1. The van der Waals surface area contributed by atoms with Crippen molar-refractivity contribution in [1.29, 1.82) is 0 Å². The number of aliphatic hydroxyl groups excluding tert-OH is 1. The first-order valence-corrected chi connectivity index (χ1v) is 9.76. The minimum atomic E-state index is -0.568. The van der Waals surface area contributed by atoms with E-state index in [2.05, 4.69) is 34.1 Å². The van der Waals surface area contributed by atoms with E-state index in [-0.39, 0.29) is 17.8 Å². The van der Waals surface area contributed by atoms with Crippen molar-refractivity contribution in [2.45, 2.75) is 37.8 Å². The molecule has 1 saturated carbocycles. The van der Waals surface area contributed by atoms with Crippen molar-refractivity contribution in [2.24, 2.45) is 17.8 Å². The molecule has 3 heterocycles. The number of methoxy groups -OCH3 is 1. The van der Waals surface area contributed by atoms with Gasteiger partial charge in [-0.25, -0.2) is 0 Å². The number of ether oxygens (including phenoxy) is 1. The largest absolute Gasteiger partial charge is 0.469 e. The Bertz CT molecular complexity index is 845. The maximum atomic E-state index is 12.4. The van der Waals surface area contributed by atoms with Gasteiger partial charge in [-0.3, -0.25) is 9.69 Å². The van der Waals surface area contributed by atoms with E-state index in [0.29, 0.717) is 18.4 Å². The Kier molecular flexibility index (Phi) is 3.83. The first kappa shape index (κ1) is 16.3. The maximum Gasteiger partial charge on any atom is 0.311 e. The molecule has 5 rings (SSSR count). The number of carbonyl (C=O) groups is 1. The summed E-state index contributed by atoms with van der Waals surface area (Å²) >= 11 is 0. The molecule has 5 heteroatoms. The number of H-pyrrole nitrogens is 1. The number of aromatic nitrogens is 1. The van der Waals surface area contributed by atoms with Crippen LogP contribution in [0.25, 0.3) is 10.9 Å². The summed E-state index contributed by atoms with van der Waals surface area (Å²) in [4.78, 5) is 18.6. The van der Waals surface area contributed by atoms with Gasteiger partial charge in [-0.15, -0.1) is 0 Å². The SMILES string of the molecule is COC(=O)[C@@H]1C(O)CC[C@@H]2CN3CCc4c([nH]c5ccccc45)[C@@H]3C[C@@H]21. The third-order valence-corrected chi connectivity index (χ3v) is 7.02. The van der Waals surface area contributed by atoms with Gasteiger partial charge in [-0.2, -0.15) is 0 Å². The molecule has 2 aromatic rings. The summed E-state index contributed by atoms with van der Waals surface area (Å²) in [5, 5.41) is 11.8. The highest BCUT2D eigenvalue weighted by Crippen LogP contribution is 2.49. The second kappa shape index (κ2) is 6.10. The van der Waals surface area contributed by atoms with Crippen LogP contribution in [-0.2, 0) is 16.0 Å². The smallest absolute Gasteiger partial charge is 0.311 e. The summed E-state index contributed by atoms with van der Waals surface area (Å²) < 4.78 is 5.04. The molecule has 26 heavy (non-hydrogen) atoms. The van der Waals surface area contributed by atoms with Gasteiger partial charge in [-0.05, 0) is 49.1 Å². The van der Waals surface area contributed by atoms with E-state index in [1.54, 1.807) is 0 Å². The molecule has 2 aliphatic heterocycles. The highest BCUT2D eigenvalue weighted by atomic mass is 16.5. The van der Waals surface area contributed by atoms with E-state index in [1.807, 2.05) is 0 Å². The molecular weight excluding hydrogens is 328 g/mol. The van der Waals surface area contributed by atoms with Crippen LogP contribution in [-0.4, -0.2) is 47.3 Å². The zero-order valence-electron chi connectivity index (χ0n) is 15.1. The first-order valence-electron chi connectivity index (χ1n) is 9.76. The van der Waals surface area contributed by atoms with Crippen molar-refractivity contribution in [2.75, 3.05) is 20.2 Å². The monoisotopic (exact) mass is 354 g/mol. The van der Waals surface area contributed by atoms with Crippen LogP contribution in [0.4, 0.5) is 0 Å². The lowest BCUT2D eigenvalue weighted by Gasteiger charge is -2.50. The van der Waals surface area contributed by atoms with Gasteiger partial charge >= 0.3 is 5.97 Å². The Hall–Kier alpha value is -1.85. The highest BCUT2D eigenvalue weighted by Gasteiger charge is 2.49. The molecule has 3 aliphatic rings. The number of esters is 1. The van der Waals surface area contributed by atoms with Gasteiger partial charge < -0.3 is 14.8 Å². The third-order valence-electron chi connectivity index (χ3n) is 7.02. The number of hydrogen-bond donors (Lipinski definition) is 2. The minimum Gasteiger partial charge on any atom is -0.469 e. The van der Waals surface area contributed by atoms with E-state index in [1.165, 1.54) is 29.3 Å². The number of fused-ring (bicyclic) bond motifs is 6. The Balaban J connectivity index is 1.52. The van der Waals surface area contributed by atoms with Crippen molar-refractivity contribution in [3.63, 3.8) is 0 Å². The minimum absolute atomic E-state index is 0.199. The second-order valence-electron chi connectivity index (χ2n) is 8.18. The molecule has 5 atom stereocenters. The molecule has 1 aromatic heterocycles. The van der Waals surface area contributed by atoms with Crippen molar-refractivity contribution < 1.29 is 14.6 Å². The lowest BCUT2D eigenvalue weighted by atomic mass is 9.65. The van der Waals surface area contributed by atoms with Crippen LogP contribution < -0.4 is 0 Å². The predicted octanol–water partition coefficient (Wildman–Crippen LogP) is 2.65. The number of benzene rings is 1. The van der Waals surface area contributed by atoms with E-state index >= 15 is 0 Å². The second-order valence-corrected chi connectivity index (χ2v) is 8.18. The third kappa shape index (κ3) is 2.33. The number of aliphatic hydroxyl groups is 1. The van der Waals surface area contributed by atoms with Gasteiger partial charge in [0.1, 0.15) is 0 Å². The Morgan fingerprint density at radius 2 is 2.15 bits per heavy atom. The Labute approximate surface area is 153 Å². The molecule has 138 valence electrons. The van der Waals surface area contributed by atoms with E-state index in [9.17, 15) is 9.90 Å². The van der Waals surface area contributed by atoms with Crippen molar-refractivity contribution in [3.8, 4) is 0 Å². The van der Waals surface area contributed by atoms with Crippen LogP contribution >= 0.6 is 0 Å². The molecule has 1 unspecified atom stereocenters. The lowest BCUT2D eigenvalue weighted by Crippen LogP contribution is -2.53. The van der Waals surface area contributed by atoms with Crippen LogP contribution in [0.3, 0.4) is 0 Å². The zero-order chi connectivity index (χ0) is 17.8.